The summed E-state index contributed by atoms with van der Waals surface area (Å²) in [7, 11) is 0. The first kappa shape index (κ1) is 14.8. The van der Waals surface area contributed by atoms with Crippen LogP contribution >= 0.6 is 0 Å². The van der Waals surface area contributed by atoms with Gasteiger partial charge >= 0.3 is 6.03 Å². The Morgan fingerprint density at radius 3 is 2.39 bits per heavy atom. The van der Waals surface area contributed by atoms with Gasteiger partial charge in [0.05, 0.1) is 18.7 Å². The lowest BCUT2D eigenvalue weighted by molar-refractivity contribution is -0.159. The quantitative estimate of drug-likeness (QED) is 0.649. The zero-order valence-electron chi connectivity index (χ0n) is 11.3. The number of amides is 3. The SMILES string of the molecule is CCCC1(O)CN(C(=O)C(NC(N)=O)C(C)C)C1. The van der Waals surface area contributed by atoms with E-state index in [1.165, 1.54) is 0 Å². The molecule has 1 rings (SSSR count). The highest BCUT2D eigenvalue weighted by molar-refractivity contribution is 5.87. The third-order valence-electron chi connectivity index (χ3n) is 3.23. The number of likely N-dealkylation sites (tertiary alicyclic amines) is 1. The van der Waals surface area contributed by atoms with E-state index in [0.29, 0.717) is 19.5 Å². The Morgan fingerprint density at radius 2 is 2.00 bits per heavy atom. The zero-order chi connectivity index (χ0) is 13.9. The summed E-state index contributed by atoms with van der Waals surface area (Å²) in [5.41, 5.74) is 4.31. The van der Waals surface area contributed by atoms with E-state index in [1.54, 1.807) is 4.90 Å². The molecule has 1 saturated heterocycles. The molecule has 0 aliphatic carbocycles. The van der Waals surface area contributed by atoms with Crippen molar-refractivity contribution in [2.75, 3.05) is 13.1 Å². The van der Waals surface area contributed by atoms with Gasteiger partial charge in [0.1, 0.15) is 6.04 Å². The lowest BCUT2D eigenvalue weighted by Crippen LogP contribution is -2.67. The average Bonchev–Trinajstić information content (AvgIpc) is 2.21. The Labute approximate surface area is 108 Å². The smallest absolute Gasteiger partial charge is 0.312 e. The van der Waals surface area contributed by atoms with Gasteiger partial charge in [-0.1, -0.05) is 27.2 Å². The van der Waals surface area contributed by atoms with Gasteiger partial charge in [-0.3, -0.25) is 4.79 Å². The first-order valence-corrected chi connectivity index (χ1v) is 6.36. The summed E-state index contributed by atoms with van der Waals surface area (Å²) in [5.74, 6) is -0.213. The molecule has 0 aromatic rings. The lowest BCUT2D eigenvalue weighted by Gasteiger charge is -2.48. The largest absolute Gasteiger partial charge is 0.386 e. The van der Waals surface area contributed by atoms with E-state index < -0.39 is 17.7 Å². The van der Waals surface area contributed by atoms with Crippen LogP contribution in [0.4, 0.5) is 4.79 Å². The molecular formula is C12H23N3O3. The van der Waals surface area contributed by atoms with Crippen LogP contribution in [0.5, 0.6) is 0 Å². The van der Waals surface area contributed by atoms with E-state index in [4.69, 9.17) is 5.73 Å². The molecule has 0 bridgehead atoms. The Hall–Kier alpha value is -1.30. The third-order valence-corrected chi connectivity index (χ3v) is 3.23. The predicted molar refractivity (Wildman–Crippen MR) is 67.8 cm³/mol. The van der Waals surface area contributed by atoms with Crippen molar-refractivity contribution in [2.45, 2.75) is 45.3 Å². The molecule has 6 nitrogen and oxygen atoms in total. The number of β-amino-alcohol motifs (C(OH)–C–C–N with tert-alkyl or cyclic N) is 1. The molecule has 0 saturated carbocycles. The number of carbonyl (C=O) groups excluding carboxylic acids is 2. The molecule has 0 radical (unpaired) electrons. The summed E-state index contributed by atoms with van der Waals surface area (Å²) in [6.07, 6.45) is 1.57. The molecule has 0 spiro atoms. The predicted octanol–water partition coefficient (Wildman–Crippen LogP) is 0.0527. The first-order chi connectivity index (χ1) is 8.29. The van der Waals surface area contributed by atoms with Crippen molar-refractivity contribution in [3.8, 4) is 0 Å². The molecule has 1 atom stereocenters. The van der Waals surface area contributed by atoms with Gasteiger partial charge in [-0.15, -0.1) is 0 Å². The van der Waals surface area contributed by atoms with Crippen molar-refractivity contribution in [2.24, 2.45) is 11.7 Å². The Kier molecular flexibility index (Phi) is 4.56. The topological polar surface area (TPSA) is 95.7 Å². The van der Waals surface area contributed by atoms with E-state index in [2.05, 4.69) is 5.32 Å². The highest BCUT2D eigenvalue weighted by atomic mass is 16.3. The molecule has 1 heterocycles. The standard InChI is InChI=1S/C12H23N3O3/c1-4-5-12(18)6-15(7-12)10(16)9(8(2)3)14-11(13)17/h8-9,18H,4-7H2,1-3H3,(H3,13,14,17). The highest BCUT2D eigenvalue weighted by Gasteiger charge is 2.44. The van der Waals surface area contributed by atoms with Gasteiger partial charge in [0.2, 0.25) is 5.91 Å². The maximum Gasteiger partial charge on any atom is 0.312 e. The van der Waals surface area contributed by atoms with Gasteiger partial charge in [0, 0.05) is 0 Å². The van der Waals surface area contributed by atoms with Crippen LogP contribution in [-0.4, -0.2) is 46.7 Å². The highest BCUT2D eigenvalue weighted by Crippen LogP contribution is 2.26. The van der Waals surface area contributed by atoms with Crippen molar-refractivity contribution in [1.29, 1.82) is 0 Å². The molecular weight excluding hydrogens is 234 g/mol. The summed E-state index contributed by atoms with van der Waals surface area (Å²) in [5, 5.41) is 12.5. The summed E-state index contributed by atoms with van der Waals surface area (Å²) in [6, 6.07) is -1.32. The average molecular weight is 257 g/mol. The number of nitrogens with zero attached hydrogens (tertiary/aromatic N) is 1. The lowest BCUT2D eigenvalue weighted by atomic mass is 9.88. The second-order valence-electron chi connectivity index (χ2n) is 5.40. The maximum atomic E-state index is 12.1. The van der Waals surface area contributed by atoms with E-state index in [1.807, 2.05) is 20.8 Å². The van der Waals surface area contributed by atoms with Gasteiger partial charge in [0.25, 0.3) is 0 Å². The molecule has 104 valence electrons. The van der Waals surface area contributed by atoms with Crippen molar-refractivity contribution < 1.29 is 14.7 Å². The van der Waals surface area contributed by atoms with Crippen LogP contribution < -0.4 is 11.1 Å². The van der Waals surface area contributed by atoms with Gasteiger partial charge in [-0.05, 0) is 12.3 Å². The van der Waals surface area contributed by atoms with Crippen molar-refractivity contribution >= 4 is 11.9 Å². The number of nitrogens with one attached hydrogen (secondary N) is 1. The van der Waals surface area contributed by atoms with Crippen molar-refractivity contribution in [3.05, 3.63) is 0 Å². The zero-order valence-corrected chi connectivity index (χ0v) is 11.3. The van der Waals surface area contributed by atoms with Crippen LogP contribution in [0.25, 0.3) is 0 Å². The van der Waals surface area contributed by atoms with Crippen LogP contribution in [-0.2, 0) is 4.79 Å². The van der Waals surface area contributed by atoms with E-state index >= 15 is 0 Å². The second kappa shape index (κ2) is 5.56. The molecule has 1 aliphatic heterocycles. The number of carbonyl (C=O) groups is 2. The number of aliphatic hydroxyl groups is 1. The van der Waals surface area contributed by atoms with Crippen LogP contribution in [0.1, 0.15) is 33.6 Å². The number of rotatable bonds is 5. The van der Waals surface area contributed by atoms with Crippen LogP contribution in [0.15, 0.2) is 0 Å². The minimum absolute atomic E-state index is 0.0372. The molecule has 4 N–H and O–H groups in total. The molecule has 1 fully saturated rings. The summed E-state index contributed by atoms with van der Waals surface area (Å²) >= 11 is 0. The molecule has 6 heteroatoms. The molecule has 3 amide bonds. The fraction of sp³-hybridized carbons (Fsp3) is 0.833. The molecule has 1 unspecified atom stereocenters. The third kappa shape index (κ3) is 3.35. The molecule has 18 heavy (non-hydrogen) atoms. The summed E-state index contributed by atoms with van der Waals surface area (Å²) in [6.45, 7) is 6.35. The van der Waals surface area contributed by atoms with Crippen LogP contribution in [0.2, 0.25) is 0 Å². The van der Waals surface area contributed by atoms with E-state index in [-0.39, 0.29) is 11.8 Å². The maximum absolute atomic E-state index is 12.1. The summed E-state index contributed by atoms with van der Waals surface area (Å²) < 4.78 is 0. The fourth-order valence-corrected chi connectivity index (χ4v) is 2.31. The van der Waals surface area contributed by atoms with Crippen LogP contribution in [0, 0.1) is 5.92 Å². The van der Waals surface area contributed by atoms with E-state index in [0.717, 1.165) is 6.42 Å². The number of nitrogens with two attached hydrogens (primary N) is 1. The minimum Gasteiger partial charge on any atom is -0.386 e. The monoisotopic (exact) mass is 257 g/mol. The van der Waals surface area contributed by atoms with Gasteiger partial charge in [0.15, 0.2) is 0 Å². The number of hydrogen-bond donors (Lipinski definition) is 3. The number of primary amides is 1. The summed E-state index contributed by atoms with van der Waals surface area (Å²) in [4.78, 5) is 24.6. The molecule has 0 aromatic heterocycles. The van der Waals surface area contributed by atoms with Crippen molar-refractivity contribution in [1.82, 2.24) is 10.2 Å². The number of hydrogen-bond acceptors (Lipinski definition) is 3. The first-order valence-electron chi connectivity index (χ1n) is 6.36. The Morgan fingerprint density at radius 1 is 1.44 bits per heavy atom. The van der Waals surface area contributed by atoms with Gasteiger partial charge < -0.3 is 21.1 Å². The van der Waals surface area contributed by atoms with E-state index in [9.17, 15) is 14.7 Å². The second-order valence-corrected chi connectivity index (χ2v) is 5.40. The normalized spacial score (nSPS) is 19.3. The minimum atomic E-state index is -0.751. The molecule has 1 aliphatic rings. The van der Waals surface area contributed by atoms with Crippen LogP contribution in [0.3, 0.4) is 0 Å². The Balaban J connectivity index is 2.57. The Bertz CT molecular complexity index is 325. The fourth-order valence-electron chi connectivity index (χ4n) is 2.31. The van der Waals surface area contributed by atoms with Gasteiger partial charge in [-0.25, -0.2) is 4.79 Å². The van der Waals surface area contributed by atoms with Crippen molar-refractivity contribution in [3.63, 3.8) is 0 Å². The molecule has 0 aromatic carbocycles. The van der Waals surface area contributed by atoms with Gasteiger partial charge in [-0.2, -0.15) is 0 Å². The number of urea groups is 1.